The van der Waals surface area contributed by atoms with E-state index in [4.69, 9.17) is 14.7 Å². The molecule has 1 aromatic heterocycles. The van der Waals surface area contributed by atoms with Crippen LogP contribution in [0, 0.1) is 11.3 Å². The molecule has 0 saturated carbocycles. The zero-order valence-corrected chi connectivity index (χ0v) is 14.9. The molecule has 0 radical (unpaired) electrons. The van der Waals surface area contributed by atoms with Crippen LogP contribution in [-0.4, -0.2) is 46.1 Å². The van der Waals surface area contributed by atoms with Crippen molar-refractivity contribution in [3.63, 3.8) is 0 Å². The molecule has 2 aromatic rings. The van der Waals surface area contributed by atoms with Crippen LogP contribution in [0.15, 0.2) is 36.7 Å². The molecule has 3 heterocycles. The van der Waals surface area contributed by atoms with Crippen LogP contribution in [0.3, 0.4) is 0 Å². The first-order valence-corrected chi connectivity index (χ1v) is 9.09. The third kappa shape index (κ3) is 3.76. The molecule has 0 bridgehead atoms. The quantitative estimate of drug-likeness (QED) is 0.826. The number of hydrogen-bond acceptors (Lipinski definition) is 6. The summed E-state index contributed by atoms with van der Waals surface area (Å²) in [5.74, 6) is 0.222. The number of rotatable bonds is 3. The lowest BCUT2D eigenvalue weighted by molar-refractivity contribution is -0.148. The second-order valence-electron chi connectivity index (χ2n) is 6.76. The Morgan fingerprint density at radius 2 is 2.07 bits per heavy atom. The maximum atomic E-state index is 12.9. The fourth-order valence-electron chi connectivity index (χ4n) is 3.59. The maximum absolute atomic E-state index is 12.9. The van der Waals surface area contributed by atoms with Crippen molar-refractivity contribution in [3.05, 3.63) is 53.5 Å². The number of nitriles is 1. The smallest absolute Gasteiger partial charge is 0.252 e. The summed E-state index contributed by atoms with van der Waals surface area (Å²) < 4.78 is 11.7. The van der Waals surface area contributed by atoms with Gasteiger partial charge in [0, 0.05) is 25.4 Å². The monoisotopic (exact) mass is 364 g/mol. The zero-order chi connectivity index (χ0) is 18.6. The minimum absolute atomic E-state index is 0.00236. The lowest BCUT2D eigenvalue weighted by Crippen LogP contribution is -2.50. The number of carbonyl (C=O) groups is 1. The fraction of sp³-hybridized carbons (Fsp3) is 0.400. The lowest BCUT2D eigenvalue weighted by Gasteiger charge is -2.35. The van der Waals surface area contributed by atoms with E-state index in [1.807, 2.05) is 24.3 Å². The highest BCUT2D eigenvalue weighted by molar-refractivity contribution is 5.81. The summed E-state index contributed by atoms with van der Waals surface area (Å²) in [6, 6.07) is 10.0. The number of likely N-dealkylation sites (tertiary alicyclic amines) is 1. The first-order valence-electron chi connectivity index (χ1n) is 9.09. The van der Waals surface area contributed by atoms with Crippen LogP contribution >= 0.6 is 0 Å². The highest BCUT2D eigenvalue weighted by Gasteiger charge is 2.33. The molecule has 0 N–H and O–H groups in total. The number of nitrogens with zero attached hydrogens (tertiary/aromatic N) is 4. The molecular formula is C20H20N4O3. The van der Waals surface area contributed by atoms with Gasteiger partial charge in [-0.1, -0.05) is 24.3 Å². The Hall–Kier alpha value is -2.98. The SMILES string of the molecule is N#Cc1nccnc1O[C@@H]1CCCN(C(=O)[C@@H]2Cc3ccccc3CO2)C1. The van der Waals surface area contributed by atoms with Crippen LogP contribution < -0.4 is 4.74 Å². The van der Waals surface area contributed by atoms with Crippen LogP contribution in [0.4, 0.5) is 0 Å². The molecule has 2 aliphatic rings. The van der Waals surface area contributed by atoms with Gasteiger partial charge in [0.05, 0.1) is 13.2 Å². The summed E-state index contributed by atoms with van der Waals surface area (Å²) in [5, 5.41) is 9.12. The first kappa shape index (κ1) is 17.4. The van der Waals surface area contributed by atoms with E-state index in [1.165, 1.54) is 18.0 Å². The second-order valence-corrected chi connectivity index (χ2v) is 6.76. The molecule has 1 saturated heterocycles. The number of ether oxygens (including phenoxy) is 2. The molecule has 0 aliphatic carbocycles. The van der Waals surface area contributed by atoms with E-state index in [-0.39, 0.29) is 23.6 Å². The van der Waals surface area contributed by atoms with Crippen LogP contribution in [0.1, 0.15) is 29.7 Å². The van der Waals surface area contributed by atoms with Crippen LogP contribution in [0.25, 0.3) is 0 Å². The van der Waals surface area contributed by atoms with Crippen molar-refractivity contribution >= 4 is 5.91 Å². The zero-order valence-electron chi connectivity index (χ0n) is 14.9. The van der Waals surface area contributed by atoms with Gasteiger partial charge in [-0.2, -0.15) is 5.26 Å². The van der Waals surface area contributed by atoms with Gasteiger partial charge in [-0.3, -0.25) is 4.79 Å². The van der Waals surface area contributed by atoms with E-state index in [0.29, 0.717) is 26.1 Å². The van der Waals surface area contributed by atoms with Crippen molar-refractivity contribution in [2.24, 2.45) is 0 Å². The van der Waals surface area contributed by atoms with Crippen LogP contribution in [0.2, 0.25) is 0 Å². The van der Waals surface area contributed by atoms with Crippen molar-refractivity contribution in [1.82, 2.24) is 14.9 Å². The lowest BCUT2D eigenvalue weighted by atomic mass is 9.98. The average molecular weight is 364 g/mol. The maximum Gasteiger partial charge on any atom is 0.252 e. The second kappa shape index (κ2) is 7.72. The molecule has 2 atom stereocenters. The molecule has 1 amide bonds. The van der Waals surface area contributed by atoms with Gasteiger partial charge in [-0.15, -0.1) is 0 Å². The van der Waals surface area contributed by atoms with E-state index >= 15 is 0 Å². The van der Waals surface area contributed by atoms with E-state index < -0.39 is 6.10 Å². The molecule has 27 heavy (non-hydrogen) atoms. The predicted octanol–water partition coefficient (Wildman–Crippen LogP) is 1.86. The standard InChI is InChI=1S/C20H20N4O3/c21-11-17-19(23-8-7-22-17)27-16-6-3-9-24(12-16)20(25)18-10-14-4-1-2-5-15(14)13-26-18/h1-2,4-5,7-8,16,18H,3,6,9-10,12-13H2/t16-,18+/m1/s1. The van der Waals surface area contributed by atoms with E-state index in [0.717, 1.165) is 18.4 Å². The topological polar surface area (TPSA) is 88.3 Å². The Morgan fingerprint density at radius 3 is 2.93 bits per heavy atom. The summed E-state index contributed by atoms with van der Waals surface area (Å²) in [6.07, 6.45) is 4.53. The molecule has 138 valence electrons. The molecule has 1 fully saturated rings. The number of aromatic nitrogens is 2. The Bertz CT molecular complexity index is 880. The third-order valence-corrected chi connectivity index (χ3v) is 4.98. The van der Waals surface area contributed by atoms with Gasteiger partial charge in [0.1, 0.15) is 18.3 Å². The summed E-state index contributed by atoms with van der Waals surface area (Å²) >= 11 is 0. The van der Waals surface area contributed by atoms with Crippen molar-refractivity contribution in [1.29, 1.82) is 5.26 Å². The van der Waals surface area contributed by atoms with E-state index in [9.17, 15) is 4.79 Å². The van der Waals surface area contributed by atoms with E-state index in [1.54, 1.807) is 4.90 Å². The van der Waals surface area contributed by atoms with Crippen molar-refractivity contribution in [3.8, 4) is 11.9 Å². The summed E-state index contributed by atoms with van der Waals surface area (Å²) in [6.45, 7) is 1.61. The number of benzene rings is 1. The Kier molecular flexibility index (Phi) is 4.99. The average Bonchev–Trinajstić information content (AvgIpc) is 2.73. The first-order chi connectivity index (χ1) is 13.2. The number of carbonyl (C=O) groups excluding carboxylic acids is 1. The molecule has 0 spiro atoms. The summed E-state index contributed by atoms with van der Waals surface area (Å²) in [5.41, 5.74) is 2.48. The van der Waals surface area contributed by atoms with Gasteiger partial charge in [0.25, 0.3) is 11.8 Å². The van der Waals surface area contributed by atoms with Gasteiger partial charge in [0.15, 0.2) is 0 Å². The summed E-state index contributed by atoms with van der Waals surface area (Å²) in [7, 11) is 0. The number of amides is 1. The highest BCUT2D eigenvalue weighted by atomic mass is 16.5. The fourth-order valence-corrected chi connectivity index (χ4v) is 3.59. The largest absolute Gasteiger partial charge is 0.470 e. The molecular weight excluding hydrogens is 344 g/mol. The number of fused-ring (bicyclic) bond motifs is 1. The van der Waals surface area contributed by atoms with Gasteiger partial charge in [-0.05, 0) is 24.0 Å². The molecule has 4 rings (SSSR count). The molecule has 0 unspecified atom stereocenters. The minimum atomic E-state index is -0.454. The Morgan fingerprint density at radius 1 is 1.26 bits per heavy atom. The molecule has 2 aliphatic heterocycles. The van der Waals surface area contributed by atoms with E-state index in [2.05, 4.69) is 16.0 Å². The van der Waals surface area contributed by atoms with Crippen molar-refractivity contribution < 1.29 is 14.3 Å². The summed E-state index contributed by atoms with van der Waals surface area (Å²) in [4.78, 5) is 22.8. The van der Waals surface area contributed by atoms with Crippen LogP contribution in [-0.2, 0) is 22.6 Å². The Balaban J connectivity index is 1.41. The van der Waals surface area contributed by atoms with Gasteiger partial charge >= 0.3 is 0 Å². The molecule has 1 aromatic carbocycles. The molecule has 7 nitrogen and oxygen atoms in total. The normalized spacial score (nSPS) is 21.8. The van der Waals surface area contributed by atoms with Gasteiger partial charge in [0.2, 0.25) is 5.69 Å². The predicted molar refractivity (Wildman–Crippen MR) is 95.7 cm³/mol. The van der Waals surface area contributed by atoms with Gasteiger partial charge < -0.3 is 14.4 Å². The highest BCUT2D eigenvalue weighted by Crippen LogP contribution is 2.24. The third-order valence-electron chi connectivity index (χ3n) is 4.98. The van der Waals surface area contributed by atoms with Crippen LogP contribution in [0.5, 0.6) is 5.88 Å². The van der Waals surface area contributed by atoms with Crippen molar-refractivity contribution in [2.45, 2.75) is 38.1 Å². The number of piperidine rings is 1. The Labute approximate surface area is 157 Å². The van der Waals surface area contributed by atoms with Gasteiger partial charge in [-0.25, -0.2) is 9.97 Å². The minimum Gasteiger partial charge on any atom is -0.470 e. The molecule has 7 heteroatoms. The van der Waals surface area contributed by atoms with Crippen molar-refractivity contribution in [2.75, 3.05) is 13.1 Å². The number of hydrogen-bond donors (Lipinski definition) is 0.